The average molecular weight is 414 g/mol. The van der Waals surface area contributed by atoms with E-state index in [-0.39, 0.29) is 12.2 Å². The van der Waals surface area contributed by atoms with Crippen LogP contribution in [-0.2, 0) is 0 Å². The van der Waals surface area contributed by atoms with E-state index in [0.717, 1.165) is 5.56 Å². The highest BCUT2D eigenvalue weighted by Crippen LogP contribution is 2.25. The van der Waals surface area contributed by atoms with E-state index in [0.29, 0.717) is 33.1 Å². The zero-order valence-corrected chi connectivity index (χ0v) is 16.6. The molecule has 0 spiro atoms. The molecule has 4 aromatic rings. The van der Waals surface area contributed by atoms with Crippen LogP contribution in [0.3, 0.4) is 0 Å². The summed E-state index contributed by atoms with van der Waals surface area (Å²) in [6.07, 6.45) is 6.76. The van der Waals surface area contributed by atoms with Crippen molar-refractivity contribution in [1.29, 1.82) is 0 Å². The third-order valence-corrected chi connectivity index (χ3v) is 4.67. The minimum Gasteiger partial charge on any atom is -0.479 e. The van der Waals surface area contributed by atoms with Crippen molar-refractivity contribution in [2.75, 3.05) is 6.61 Å². The fraction of sp³-hybridized carbons (Fsp3) is 0.0417. The van der Waals surface area contributed by atoms with Gasteiger partial charge in [-0.15, -0.1) is 6.42 Å². The van der Waals surface area contributed by atoms with Gasteiger partial charge in [-0.25, -0.2) is 4.98 Å². The van der Waals surface area contributed by atoms with Gasteiger partial charge in [0.2, 0.25) is 0 Å². The van der Waals surface area contributed by atoms with Gasteiger partial charge in [0.15, 0.2) is 5.82 Å². The normalized spacial score (nSPS) is 10.9. The Bertz CT molecular complexity index is 1340. The van der Waals surface area contributed by atoms with Gasteiger partial charge in [-0.05, 0) is 35.9 Å². The molecule has 0 aliphatic heterocycles. The molecule has 1 aromatic heterocycles. The summed E-state index contributed by atoms with van der Waals surface area (Å²) in [6.45, 7) is 0.131. The molecule has 6 heteroatoms. The summed E-state index contributed by atoms with van der Waals surface area (Å²) < 4.78 is 6.67. The Kier molecular flexibility index (Phi) is 5.60. The van der Waals surface area contributed by atoms with Crippen molar-refractivity contribution in [1.82, 2.24) is 9.66 Å². The lowest BCUT2D eigenvalue weighted by Gasteiger charge is -2.09. The largest absolute Gasteiger partial charge is 0.479 e. The Morgan fingerprint density at radius 3 is 2.63 bits per heavy atom. The van der Waals surface area contributed by atoms with Crippen molar-refractivity contribution in [2.24, 2.45) is 5.10 Å². The average Bonchev–Trinajstić information content (AvgIpc) is 2.78. The molecule has 0 aliphatic carbocycles. The number of nitrogens with zero attached hydrogens (tertiary/aromatic N) is 3. The van der Waals surface area contributed by atoms with Gasteiger partial charge in [-0.1, -0.05) is 60.0 Å². The summed E-state index contributed by atoms with van der Waals surface area (Å²) >= 11 is 6.25. The number of para-hydroxylation sites is 1. The number of ether oxygens (including phenoxy) is 1. The maximum Gasteiger partial charge on any atom is 0.282 e. The van der Waals surface area contributed by atoms with E-state index in [1.54, 1.807) is 36.5 Å². The molecule has 0 atom stereocenters. The number of terminal acetylenes is 1. The molecule has 0 amide bonds. The molecule has 0 bridgehead atoms. The Morgan fingerprint density at radius 2 is 1.87 bits per heavy atom. The first kappa shape index (κ1) is 19.4. The molecular formula is C24H16ClN3O2. The maximum absolute atomic E-state index is 13.1. The van der Waals surface area contributed by atoms with Gasteiger partial charge in [0.1, 0.15) is 12.4 Å². The van der Waals surface area contributed by atoms with E-state index in [1.807, 2.05) is 42.5 Å². The summed E-state index contributed by atoms with van der Waals surface area (Å²) in [7, 11) is 0. The van der Waals surface area contributed by atoms with Crippen LogP contribution in [0.25, 0.3) is 22.3 Å². The summed E-state index contributed by atoms with van der Waals surface area (Å²) in [5.41, 5.74) is 1.85. The van der Waals surface area contributed by atoms with Gasteiger partial charge >= 0.3 is 0 Å². The van der Waals surface area contributed by atoms with Crippen LogP contribution in [0.4, 0.5) is 0 Å². The van der Waals surface area contributed by atoms with E-state index < -0.39 is 0 Å². The van der Waals surface area contributed by atoms with Crippen molar-refractivity contribution in [3.8, 4) is 29.5 Å². The molecule has 5 nitrogen and oxygen atoms in total. The highest BCUT2D eigenvalue weighted by Gasteiger charge is 2.12. The van der Waals surface area contributed by atoms with Crippen LogP contribution in [0.5, 0.6) is 5.75 Å². The molecule has 0 radical (unpaired) electrons. The standard InChI is InChI=1S/C24H16ClN3O2/c1-2-14-30-22-13-12-17(15-20(22)25)16-26-28-23(18-8-4-3-5-9-18)27-21-11-7-6-10-19(21)24(28)29/h1,3-13,15-16H,14H2. The van der Waals surface area contributed by atoms with E-state index in [4.69, 9.17) is 22.8 Å². The van der Waals surface area contributed by atoms with Gasteiger partial charge in [0, 0.05) is 5.56 Å². The third-order valence-electron chi connectivity index (χ3n) is 4.38. The SMILES string of the molecule is C#CCOc1ccc(C=Nn2c(-c3ccccc3)nc3ccccc3c2=O)cc1Cl. The van der Waals surface area contributed by atoms with Crippen LogP contribution in [0, 0.1) is 12.3 Å². The number of benzene rings is 3. The smallest absolute Gasteiger partial charge is 0.282 e. The Morgan fingerprint density at radius 1 is 1.10 bits per heavy atom. The molecule has 0 saturated heterocycles. The van der Waals surface area contributed by atoms with Crippen molar-refractivity contribution in [3.63, 3.8) is 0 Å². The van der Waals surface area contributed by atoms with Crippen LogP contribution < -0.4 is 10.3 Å². The van der Waals surface area contributed by atoms with Crippen molar-refractivity contribution >= 4 is 28.7 Å². The van der Waals surface area contributed by atoms with E-state index >= 15 is 0 Å². The first-order valence-corrected chi connectivity index (χ1v) is 9.52. The molecule has 1 heterocycles. The Hall–Kier alpha value is -3.88. The quantitative estimate of drug-likeness (QED) is 0.354. The lowest BCUT2D eigenvalue weighted by Crippen LogP contribution is -2.20. The van der Waals surface area contributed by atoms with E-state index in [1.165, 1.54) is 4.68 Å². The molecular weight excluding hydrogens is 398 g/mol. The van der Waals surface area contributed by atoms with Gasteiger partial charge < -0.3 is 4.74 Å². The second-order valence-electron chi connectivity index (χ2n) is 6.36. The molecule has 0 aliphatic rings. The highest BCUT2D eigenvalue weighted by molar-refractivity contribution is 6.32. The van der Waals surface area contributed by atoms with Crippen molar-refractivity contribution in [3.05, 3.63) is 93.7 Å². The Labute approximate surface area is 178 Å². The zero-order valence-electron chi connectivity index (χ0n) is 15.8. The summed E-state index contributed by atoms with van der Waals surface area (Å²) in [6, 6.07) is 21.8. The van der Waals surface area contributed by atoms with Crippen molar-refractivity contribution < 1.29 is 4.74 Å². The zero-order chi connectivity index (χ0) is 20.9. The number of fused-ring (bicyclic) bond motifs is 1. The summed E-state index contributed by atoms with van der Waals surface area (Å²) in [5.74, 6) is 3.34. The lowest BCUT2D eigenvalue weighted by molar-refractivity contribution is 0.370. The van der Waals surface area contributed by atoms with Crippen LogP contribution in [0.15, 0.2) is 82.7 Å². The van der Waals surface area contributed by atoms with Gasteiger partial charge in [0.25, 0.3) is 5.56 Å². The van der Waals surface area contributed by atoms with Crippen molar-refractivity contribution in [2.45, 2.75) is 0 Å². The molecule has 30 heavy (non-hydrogen) atoms. The first-order valence-electron chi connectivity index (χ1n) is 9.15. The number of hydrogen-bond donors (Lipinski definition) is 0. The summed E-state index contributed by atoms with van der Waals surface area (Å²) in [4.78, 5) is 17.8. The van der Waals surface area contributed by atoms with Crippen LogP contribution in [0.1, 0.15) is 5.56 Å². The Balaban J connectivity index is 1.80. The molecule has 4 rings (SSSR count). The minimum absolute atomic E-state index is 0.131. The van der Waals surface area contributed by atoms with Crippen LogP contribution in [-0.4, -0.2) is 22.5 Å². The van der Waals surface area contributed by atoms with E-state index in [9.17, 15) is 4.79 Å². The van der Waals surface area contributed by atoms with Gasteiger partial charge in [0.05, 0.1) is 22.1 Å². The number of hydrogen-bond acceptors (Lipinski definition) is 4. The maximum atomic E-state index is 13.1. The number of rotatable bonds is 5. The second kappa shape index (κ2) is 8.64. The fourth-order valence-corrected chi connectivity index (χ4v) is 3.21. The molecule has 3 aromatic carbocycles. The molecule has 0 unspecified atom stereocenters. The highest BCUT2D eigenvalue weighted by atomic mass is 35.5. The molecule has 0 saturated carbocycles. The van der Waals surface area contributed by atoms with Crippen LogP contribution in [0.2, 0.25) is 5.02 Å². The predicted octanol–water partition coefficient (Wildman–Crippen LogP) is 4.61. The molecule has 0 N–H and O–H groups in total. The molecule has 146 valence electrons. The summed E-state index contributed by atoms with van der Waals surface area (Å²) in [5, 5.41) is 5.32. The topological polar surface area (TPSA) is 56.5 Å². The minimum atomic E-state index is -0.254. The fourth-order valence-electron chi connectivity index (χ4n) is 2.96. The van der Waals surface area contributed by atoms with Gasteiger partial charge in [-0.2, -0.15) is 9.78 Å². The predicted molar refractivity (Wildman–Crippen MR) is 120 cm³/mol. The monoisotopic (exact) mass is 413 g/mol. The lowest BCUT2D eigenvalue weighted by atomic mass is 10.2. The first-order chi connectivity index (χ1) is 14.7. The number of halogens is 1. The van der Waals surface area contributed by atoms with E-state index in [2.05, 4.69) is 16.0 Å². The third kappa shape index (κ3) is 3.95. The molecule has 0 fully saturated rings. The van der Waals surface area contributed by atoms with Crippen LogP contribution >= 0.6 is 11.6 Å². The number of aromatic nitrogens is 2. The second-order valence-corrected chi connectivity index (χ2v) is 6.77. The van der Waals surface area contributed by atoms with Gasteiger partial charge in [-0.3, -0.25) is 4.79 Å².